The van der Waals surface area contributed by atoms with Crippen molar-refractivity contribution in [3.8, 4) is 5.75 Å². The Kier molecular flexibility index (Phi) is 4.78. The number of fused-ring (bicyclic) bond motifs is 1. The van der Waals surface area contributed by atoms with E-state index in [4.69, 9.17) is 14.2 Å². The van der Waals surface area contributed by atoms with Crippen LogP contribution in [0.3, 0.4) is 0 Å². The summed E-state index contributed by atoms with van der Waals surface area (Å²) in [7, 11) is 1.70. The summed E-state index contributed by atoms with van der Waals surface area (Å²) < 4.78 is 17.9. The van der Waals surface area contributed by atoms with Gasteiger partial charge >= 0.3 is 5.97 Å². The van der Waals surface area contributed by atoms with Gasteiger partial charge in [0.25, 0.3) is 0 Å². The molecule has 0 N–H and O–H groups in total. The fourth-order valence-corrected chi connectivity index (χ4v) is 7.52. The van der Waals surface area contributed by atoms with Crippen molar-refractivity contribution < 1.29 is 19.0 Å². The molecular formula is C26H36N2O4. The van der Waals surface area contributed by atoms with Gasteiger partial charge in [0.2, 0.25) is 0 Å². The molecule has 0 aromatic heterocycles. The molecule has 6 rings (SSSR count). The normalized spacial score (nSPS) is 43.2. The van der Waals surface area contributed by atoms with Gasteiger partial charge in [0, 0.05) is 50.2 Å². The number of piperazine rings is 1. The SMILES string of the molecule is COc1ccc(N2CCN(C[C@@H]3C(=O)O[C@]45[C@H](CC[C@]6(C)O[C@H]46)[C@H](C)CC[C@@H]35)CC2)cc1. The Morgan fingerprint density at radius 1 is 1.06 bits per heavy atom. The van der Waals surface area contributed by atoms with Gasteiger partial charge in [0.15, 0.2) is 0 Å². The summed E-state index contributed by atoms with van der Waals surface area (Å²) >= 11 is 0. The number of methoxy groups -OCH3 is 1. The quantitative estimate of drug-likeness (QED) is 0.529. The lowest BCUT2D eigenvalue weighted by molar-refractivity contribution is -0.168. The molecule has 0 bridgehead atoms. The van der Waals surface area contributed by atoms with E-state index in [2.05, 4.69) is 35.8 Å². The lowest BCUT2D eigenvalue weighted by Crippen LogP contribution is -2.58. The molecule has 0 radical (unpaired) electrons. The summed E-state index contributed by atoms with van der Waals surface area (Å²) in [6.07, 6.45) is 4.65. The fraction of sp³-hybridized carbons (Fsp3) is 0.731. The van der Waals surface area contributed by atoms with Crippen LogP contribution in [0, 0.1) is 23.7 Å². The van der Waals surface area contributed by atoms with Crippen LogP contribution in [0.2, 0.25) is 0 Å². The number of hydrogen-bond acceptors (Lipinski definition) is 6. The average Bonchev–Trinajstić information content (AvgIpc) is 3.44. The van der Waals surface area contributed by atoms with E-state index in [1.165, 1.54) is 12.1 Å². The van der Waals surface area contributed by atoms with Crippen LogP contribution in [0.15, 0.2) is 24.3 Å². The van der Waals surface area contributed by atoms with Crippen LogP contribution in [-0.2, 0) is 14.3 Å². The van der Waals surface area contributed by atoms with E-state index in [1.807, 2.05) is 12.1 Å². The Morgan fingerprint density at radius 3 is 2.53 bits per heavy atom. The molecule has 1 aromatic carbocycles. The maximum absolute atomic E-state index is 13.3. The molecule has 7 atom stereocenters. The highest BCUT2D eigenvalue weighted by atomic mass is 16.7. The van der Waals surface area contributed by atoms with E-state index in [9.17, 15) is 4.79 Å². The van der Waals surface area contributed by atoms with Gasteiger partial charge in [-0.3, -0.25) is 9.69 Å². The molecule has 3 aliphatic heterocycles. The minimum atomic E-state index is -0.364. The lowest BCUT2D eigenvalue weighted by Gasteiger charge is -2.50. The van der Waals surface area contributed by atoms with Crippen molar-refractivity contribution in [1.82, 2.24) is 4.90 Å². The molecule has 3 heterocycles. The molecule has 0 unspecified atom stereocenters. The molecule has 1 spiro atoms. The van der Waals surface area contributed by atoms with Gasteiger partial charge in [-0.1, -0.05) is 6.92 Å². The first-order valence-corrected chi connectivity index (χ1v) is 12.5. The zero-order chi connectivity index (χ0) is 22.1. The standard InChI is InChI=1S/C26H36N2O4/c1-17-4-9-22-20(23(29)31-26(22)21(17)10-11-25(2)24(26)32-25)16-27-12-14-28(15-13-27)18-5-7-19(30-3)8-6-18/h5-8,17,20-22,24H,4,9-16H2,1-3H3/t17-,20+,21-,22+,24+,25+,26+/m1/s1. The summed E-state index contributed by atoms with van der Waals surface area (Å²) in [5.41, 5.74) is 0.809. The van der Waals surface area contributed by atoms with Gasteiger partial charge in [-0.25, -0.2) is 0 Å². The molecule has 2 saturated carbocycles. The molecular weight excluding hydrogens is 404 g/mol. The molecule has 3 saturated heterocycles. The number of carbonyl (C=O) groups excluding carboxylic acids is 1. The summed E-state index contributed by atoms with van der Waals surface area (Å²) in [5, 5.41) is 0. The summed E-state index contributed by atoms with van der Waals surface area (Å²) in [6.45, 7) is 9.32. The third-order valence-corrected chi connectivity index (χ3v) is 9.36. The number of epoxide rings is 1. The van der Waals surface area contributed by atoms with E-state index >= 15 is 0 Å². The first-order chi connectivity index (χ1) is 15.4. The van der Waals surface area contributed by atoms with Gasteiger partial charge in [0.1, 0.15) is 17.5 Å². The van der Waals surface area contributed by atoms with E-state index in [-0.39, 0.29) is 29.2 Å². The molecule has 1 aromatic rings. The maximum atomic E-state index is 13.3. The van der Waals surface area contributed by atoms with Crippen molar-refractivity contribution >= 4 is 11.7 Å². The number of esters is 1. The molecule has 5 aliphatic rings. The molecule has 6 heteroatoms. The van der Waals surface area contributed by atoms with Crippen molar-refractivity contribution in [2.24, 2.45) is 23.7 Å². The van der Waals surface area contributed by atoms with E-state index in [0.717, 1.165) is 57.7 Å². The Balaban J connectivity index is 1.14. The zero-order valence-electron chi connectivity index (χ0n) is 19.6. The average molecular weight is 441 g/mol. The highest BCUT2D eigenvalue weighted by Crippen LogP contribution is 2.66. The smallest absolute Gasteiger partial charge is 0.311 e. The summed E-state index contributed by atoms with van der Waals surface area (Å²) in [5.74, 6) is 2.29. The number of hydrogen-bond donors (Lipinski definition) is 0. The van der Waals surface area contributed by atoms with Crippen LogP contribution >= 0.6 is 0 Å². The molecule has 32 heavy (non-hydrogen) atoms. The number of rotatable bonds is 4. The van der Waals surface area contributed by atoms with Gasteiger partial charge in [-0.15, -0.1) is 0 Å². The molecule has 6 nitrogen and oxygen atoms in total. The Bertz CT molecular complexity index is 882. The molecule has 0 amide bonds. The minimum Gasteiger partial charge on any atom is -0.497 e. The Morgan fingerprint density at radius 2 is 1.81 bits per heavy atom. The number of anilines is 1. The van der Waals surface area contributed by atoms with Gasteiger partial charge < -0.3 is 19.1 Å². The lowest BCUT2D eigenvalue weighted by atomic mass is 9.55. The summed E-state index contributed by atoms with van der Waals surface area (Å²) in [4.78, 5) is 18.2. The third kappa shape index (κ3) is 3.02. The van der Waals surface area contributed by atoms with Crippen LogP contribution in [-0.4, -0.2) is 68.0 Å². The van der Waals surface area contributed by atoms with Gasteiger partial charge in [-0.2, -0.15) is 0 Å². The maximum Gasteiger partial charge on any atom is 0.311 e. The predicted molar refractivity (Wildman–Crippen MR) is 122 cm³/mol. The van der Waals surface area contributed by atoms with Crippen LogP contribution in [0.4, 0.5) is 5.69 Å². The van der Waals surface area contributed by atoms with E-state index < -0.39 is 0 Å². The first kappa shape index (κ1) is 20.8. The molecule has 174 valence electrons. The Labute approximate surface area is 191 Å². The minimum absolute atomic E-state index is 0.0101. The van der Waals surface area contributed by atoms with Crippen molar-refractivity contribution in [3.63, 3.8) is 0 Å². The van der Waals surface area contributed by atoms with Crippen LogP contribution in [0.25, 0.3) is 0 Å². The van der Waals surface area contributed by atoms with Crippen LogP contribution in [0.5, 0.6) is 5.75 Å². The van der Waals surface area contributed by atoms with E-state index in [1.54, 1.807) is 7.11 Å². The second-order valence-electron chi connectivity index (χ2n) is 11.0. The second kappa shape index (κ2) is 7.36. The number of carbonyl (C=O) groups is 1. The van der Waals surface area contributed by atoms with Crippen molar-refractivity contribution in [3.05, 3.63) is 24.3 Å². The van der Waals surface area contributed by atoms with Gasteiger partial charge in [-0.05, 0) is 62.8 Å². The first-order valence-electron chi connectivity index (χ1n) is 12.5. The third-order valence-electron chi connectivity index (χ3n) is 9.36. The summed E-state index contributed by atoms with van der Waals surface area (Å²) in [6, 6.07) is 8.30. The van der Waals surface area contributed by atoms with Crippen molar-refractivity contribution in [1.29, 1.82) is 0 Å². The van der Waals surface area contributed by atoms with Gasteiger partial charge in [0.05, 0.1) is 18.6 Å². The van der Waals surface area contributed by atoms with E-state index in [0.29, 0.717) is 17.8 Å². The van der Waals surface area contributed by atoms with Crippen molar-refractivity contribution in [2.45, 2.75) is 56.8 Å². The second-order valence-corrected chi connectivity index (χ2v) is 11.0. The zero-order valence-corrected chi connectivity index (χ0v) is 19.6. The number of benzene rings is 1. The van der Waals surface area contributed by atoms with Crippen LogP contribution < -0.4 is 9.64 Å². The molecule has 5 fully saturated rings. The van der Waals surface area contributed by atoms with Crippen molar-refractivity contribution in [2.75, 3.05) is 44.7 Å². The largest absolute Gasteiger partial charge is 0.497 e. The predicted octanol–water partition coefficient (Wildman–Crippen LogP) is 3.34. The number of nitrogens with zero attached hydrogens (tertiary/aromatic N) is 2. The van der Waals surface area contributed by atoms with Crippen LogP contribution in [0.1, 0.15) is 39.5 Å². The number of ether oxygens (including phenoxy) is 3. The molecule has 2 aliphatic carbocycles. The fourth-order valence-electron chi connectivity index (χ4n) is 7.52. The monoisotopic (exact) mass is 440 g/mol. The Hall–Kier alpha value is -1.79. The highest BCUT2D eigenvalue weighted by molar-refractivity contribution is 5.77. The highest BCUT2D eigenvalue weighted by Gasteiger charge is 2.77. The topological polar surface area (TPSA) is 54.5 Å².